The van der Waals surface area contributed by atoms with Crippen LogP contribution in [0, 0.1) is 0 Å². The Labute approximate surface area is 100 Å². The molecule has 1 aromatic carbocycles. The van der Waals surface area contributed by atoms with Crippen molar-refractivity contribution in [3.8, 4) is 0 Å². The number of aliphatic hydroxyl groups is 2. The monoisotopic (exact) mass is 235 g/mol. The maximum Gasteiger partial charge on any atom is 0.252 e. The van der Waals surface area contributed by atoms with E-state index in [4.69, 9.17) is 0 Å². The number of nitrogens with one attached hydrogen (secondary N) is 1. The standard InChI is InChI=1S/C13H17NO3/c1-12(17)7-8-13(9-15,14-11(12)16)10-5-3-2-4-6-10/h2-6,15,17H,7-9H2,1H3,(H,14,16)/t12-,13-/m0/s1. The van der Waals surface area contributed by atoms with E-state index in [1.165, 1.54) is 6.92 Å². The van der Waals surface area contributed by atoms with Gasteiger partial charge in [-0.15, -0.1) is 0 Å². The molecule has 4 nitrogen and oxygen atoms in total. The van der Waals surface area contributed by atoms with Gasteiger partial charge in [-0.05, 0) is 25.3 Å². The minimum Gasteiger partial charge on any atom is -0.394 e. The van der Waals surface area contributed by atoms with Gasteiger partial charge in [0.05, 0.1) is 12.1 Å². The van der Waals surface area contributed by atoms with Crippen LogP contribution in [0.1, 0.15) is 25.3 Å². The van der Waals surface area contributed by atoms with Gasteiger partial charge in [0.15, 0.2) is 0 Å². The number of aliphatic hydroxyl groups excluding tert-OH is 1. The lowest BCUT2D eigenvalue weighted by molar-refractivity contribution is -0.147. The fraction of sp³-hybridized carbons (Fsp3) is 0.462. The van der Waals surface area contributed by atoms with E-state index in [1.807, 2.05) is 30.3 Å². The van der Waals surface area contributed by atoms with Crippen molar-refractivity contribution in [3.63, 3.8) is 0 Å². The van der Waals surface area contributed by atoms with Gasteiger partial charge in [0, 0.05) is 0 Å². The van der Waals surface area contributed by atoms with E-state index in [2.05, 4.69) is 5.32 Å². The molecule has 1 aliphatic heterocycles. The van der Waals surface area contributed by atoms with Crippen molar-refractivity contribution in [3.05, 3.63) is 35.9 Å². The lowest BCUT2D eigenvalue weighted by Crippen LogP contribution is -2.60. The minimum absolute atomic E-state index is 0.168. The molecule has 2 rings (SSSR count). The molecule has 3 N–H and O–H groups in total. The molecule has 0 aromatic heterocycles. The highest BCUT2D eigenvalue weighted by Crippen LogP contribution is 2.33. The summed E-state index contributed by atoms with van der Waals surface area (Å²) in [5, 5.41) is 22.2. The van der Waals surface area contributed by atoms with Gasteiger partial charge >= 0.3 is 0 Å². The second-order valence-corrected chi connectivity index (χ2v) is 4.83. The third-order valence-corrected chi connectivity index (χ3v) is 3.48. The predicted octanol–water partition coefficient (Wildman–Crippen LogP) is 0.535. The van der Waals surface area contributed by atoms with E-state index in [1.54, 1.807) is 0 Å². The Bertz CT molecular complexity index is 416. The van der Waals surface area contributed by atoms with Gasteiger partial charge < -0.3 is 15.5 Å². The van der Waals surface area contributed by atoms with Gasteiger partial charge in [-0.25, -0.2) is 0 Å². The third-order valence-electron chi connectivity index (χ3n) is 3.48. The van der Waals surface area contributed by atoms with Crippen LogP contribution in [-0.4, -0.2) is 28.3 Å². The molecule has 0 bridgehead atoms. The number of piperidine rings is 1. The van der Waals surface area contributed by atoms with Crippen LogP contribution < -0.4 is 5.32 Å². The number of amides is 1. The number of hydrogen-bond acceptors (Lipinski definition) is 3. The zero-order valence-corrected chi connectivity index (χ0v) is 9.81. The lowest BCUT2D eigenvalue weighted by Gasteiger charge is -2.42. The molecule has 0 saturated carbocycles. The summed E-state index contributed by atoms with van der Waals surface area (Å²) < 4.78 is 0. The molecular formula is C13H17NO3. The van der Waals surface area contributed by atoms with Crippen molar-refractivity contribution in [1.29, 1.82) is 0 Å². The van der Waals surface area contributed by atoms with E-state index in [9.17, 15) is 15.0 Å². The van der Waals surface area contributed by atoms with Crippen molar-refractivity contribution in [2.45, 2.75) is 30.9 Å². The zero-order valence-electron chi connectivity index (χ0n) is 9.81. The van der Waals surface area contributed by atoms with Crippen LogP contribution in [-0.2, 0) is 10.3 Å². The quantitative estimate of drug-likeness (QED) is 0.700. The van der Waals surface area contributed by atoms with E-state index in [0.29, 0.717) is 12.8 Å². The van der Waals surface area contributed by atoms with E-state index < -0.39 is 17.0 Å². The zero-order chi connectivity index (χ0) is 12.5. The van der Waals surface area contributed by atoms with Crippen LogP contribution in [0.4, 0.5) is 0 Å². The summed E-state index contributed by atoms with van der Waals surface area (Å²) in [4.78, 5) is 11.8. The van der Waals surface area contributed by atoms with Crippen molar-refractivity contribution in [2.75, 3.05) is 6.61 Å². The normalized spacial score (nSPS) is 33.2. The highest BCUT2D eigenvalue weighted by atomic mass is 16.3. The first-order valence-electron chi connectivity index (χ1n) is 5.72. The first-order chi connectivity index (χ1) is 8.00. The number of rotatable bonds is 2. The van der Waals surface area contributed by atoms with E-state index in [-0.39, 0.29) is 6.61 Å². The summed E-state index contributed by atoms with van der Waals surface area (Å²) in [6.07, 6.45) is 0.862. The fourth-order valence-electron chi connectivity index (χ4n) is 2.17. The summed E-state index contributed by atoms with van der Waals surface area (Å²) in [6, 6.07) is 9.36. The van der Waals surface area contributed by atoms with Crippen LogP contribution in [0.25, 0.3) is 0 Å². The number of carbonyl (C=O) groups excluding carboxylic acids is 1. The fourth-order valence-corrected chi connectivity index (χ4v) is 2.17. The topological polar surface area (TPSA) is 69.6 Å². The summed E-state index contributed by atoms with van der Waals surface area (Å²) in [6.45, 7) is 1.33. The summed E-state index contributed by atoms with van der Waals surface area (Å²) >= 11 is 0. The molecule has 0 aliphatic carbocycles. The van der Waals surface area contributed by atoms with Crippen LogP contribution in [0.3, 0.4) is 0 Å². The van der Waals surface area contributed by atoms with Crippen LogP contribution >= 0.6 is 0 Å². The highest BCUT2D eigenvalue weighted by Gasteiger charge is 2.45. The molecule has 1 fully saturated rings. The summed E-state index contributed by atoms with van der Waals surface area (Å²) in [5.74, 6) is -0.429. The first-order valence-corrected chi connectivity index (χ1v) is 5.72. The van der Waals surface area contributed by atoms with Crippen molar-refractivity contribution < 1.29 is 15.0 Å². The molecule has 0 spiro atoms. The molecular weight excluding hydrogens is 218 g/mol. The molecule has 0 unspecified atom stereocenters. The van der Waals surface area contributed by atoms with Gasteiger partial charge in [0.25, 0.3) is 5.91 Å². The Kier molecular flexibility index (Phi) is 2.93. The Morgan fingerprint density at radius 3 is 2.47 bits per heavy atom. The molecule has 17 heavy (non-hydrogen) atoms. The second-order valence-electron chi connectivity index (χ2n) is 4.83. The molecule has 92 valence electrons. The average Bonchev–Trinajstić information content (AvgIpc) is 2.34. The Hall–Kier alpha value is -1.39. The van der Waals surface area contributed by atoms with Gasteiger partial charge in [-0.3, -0.25) is 4.79 Å². The summed E-state index contributed by atoms with van der Waals surface area (Å²) in [7, 11) is 0. The number of benzene rings is 1. The minimum atomic E-state index is -1.34. The molecule has 1 aromatic rings. The third kappa shape index (κ3) is 2.06. The largest absolute Gasteiger partial charge is 0.394 e. The van der Waals surface area contributed by atoms with Crippen molar-refractivity contribution >= 4 is 5.91 Å². The van der Waals surface area contributed by atoms with Gasteiger partial charge in [0.2, 0.25) is 0 Å². The molecule has 2 atom stereocenters. The van der Waals surface area contributed by atoms with Crippen LogP contribution in [0.5, 0.6) is 0 Å². The maximum atomic E-state index is 11.8. The predicted molar refractivity (Wildman–Crippen MR) is 63.2 cm³/mol. The SMILES string of the molecule is C[C@]1(O)CC[C@](CO)(c2ccccc2)NC1=O. The van der Waals surface area contributed by atoms with Crippen LogP contribution in [0.15, 0.2) is 30.3 Å². The van der Waals surface area contributed by atoms with Gasteiger partial charge in [-0.2, -0.15) is 0 Å². The molecule has 1 saturated heterocycles. The number of hydrogen-bond donors (Lipinski definition) is 3. The van der Waals surface area contributed by atoms with Gasteiger partial charge in [-0.1, -0.05) is 30.3 Å². The average molecular weight is 235 g/mol. The Morgan fingerprint density at radius 2 is 1.94 bits per heavy atom. The second kappa shape index (κ2) is 4.13. The highest BCUT2D eigenvalue weighted by molar-refractivity contribution is 5.86. The Balaban J connectivity index is 2.32. The Morgan fingerprint density at radius 1 is 1.29 bits per heavy atom. The molecule has 0 radical (unpaired) electrons. The number of carbonyl (C=O) groups is 1. The smallest absolute Gasteiger partial charge is 0.252 e. The lowest BCUT2D eigenvalue weighted by atomic mass is 9.78. The summed E-state index contributed by atoms with van der Waals surface area (Å²) in [5.41, 5.74) is -1.24. The molecule has 1 heterocycles. The van der Waals surface area contributed by atoms with E-state index >= 15 is 0 Å². The van der Waals surface area contributed by atoms with E-state index in [0.717, 1.165) is 5.56 Å². The van der Waals surface area contributed by atoms with Crippen molar-refractivity contribution in [1.82, 2.24) is 5.32 Å². The van der Waals surface area contributed by atoms with Crippen molar-refractivity contribution in [2.24, 2.45) is 0 Å². The molecule has 1 aliphatic rings. The maximum absolute atomic E-state index is 11.8. The first kappa shape index (κ1) is 12.1. The molecule has 4 heteroatoms. The van der Waals surface area contributed by atoms with Gasteiger partial charge in [0.1, 0.15) is 5.60 Å². The van der Waals surface area contributed by atoms with Crippen LogP contribution in [0.2, 0.25) is 0 Å². The molecule has 1 amide bonds.